The number of likely N-dealkylation sites (N-methyl/N-ethyl adjacent to an activating group) is 1. The molecule has 55 heavy (non-hydrogen) atoms. The van der Waals surface area contributed by atoms with Crippen molar-refractivity contribution >= 4 is 19.8 Å². The zero-order chi connectivity index (χ0) is 40.7. The highest BCUT2D eigenvalue weighted by molar-refractivity contribution is 7.45. The predicted molar refractivity (Wildman–Crippen MR) is 227 cm³/mol. The number of ether oxygens (including phenoxy) is 2. The average Bonchev–Trinajstić information content (AvgIpc) is 3.13. The summed E-state index contributed by atoms with van der Waals surface area (Å²) < 4.78 is 33.9. The molecule has 324 valence electrons. The second-order valence-corrected chi connectivity index (χ2v) is 17.8. The normalized spacial score (nSPS) is 13.8. The Morgan fingerprint density at radius 1 is 0.564 bits per heavy atom. The number of rotatable bonds is 41. The zero-order valence-corrected chi connectivity index (χ0v) is 37.3. The van der Waals surface area contributed by atoms with E-state index >= 15 is 0 Å². The van der Waals surface area contributed by atoms with Crippen LogP contribution in [0.3, 0.4) is 0 Å². The lowest BCUT2D eigenvalue weighted by Crippen LogP contribution is -2.37. The van der Waals surface area contributed by atoms with Crippen molar-refractivity contribution in [3.8, 4) is 0 Å². The summed E-state index contributed by atoms with van der Waals surface area (Å²) in [5, 5.41) is 0. The quantitative estimate of drug-likeness (QED) is 0.0198. The number of esters is 2. The first-order valence-corrected chi connectivity index (χ1v) is 24.0. The number of carbonyl (C=O) groups excluding carboxylic acids is 2. The molecule has 0 saturated heterocycles. The molecule has 0 spiro atoms. The van der Waals surface area contributed by atoms with Gasteiger partial charge in [-0.3, -0.25) is 14.2 Å². The fraction of sp³-hybridized carbons (Fsp3) is 0.867. The summed E-state index contributed by atoms with van der Waals surface area (Å²) in [6.07, 6.45) is 40.6. The number of carbonyl (C=O) groups is 2. The van der Waals surface area contributed by atoms with E-state index in [0.29, 0.717) is 17.4 Å². The molecular formula is C45H86NO8P. The summed E-state index contributed by atoms with van der Waals surface area (Å²) in [5.74, 6) is -0.865. The molecule has 2 atom stereocenters. The molecule has 0 amide bonds. The fourth-order valence-electron chi connectivity index (χ4n) is 6.16. The van der Waals surface area contributed by atoms with Gasteiger partial charge in [0.15, 0.2) is 6.10 Å². The van der Waals surface area contributed by atoms with Gasteiger partial charge >= 0.3 is 11.9 Å². The summed E-state index contributed by atoms with van der Waals surface area (Å²) >= 11 is 0. The molecule has 1 unspecified atom stereocenters. The van der Waals surface area contributed by atoms with E-state index in [4.69, 9.17) is 18.5 Å². The molecule has 0 bridgehead atoms. The third kappa shape index (κ3) is 41.9. The fourth-order valence-corrected chi connectivity index (χ4v) is 6.88. The minimum absolute atomic E-state index is 0.0348. The van der Waals surface area contributed by atoms with Crippen molar-refractivity contribution < 1.29 is 42.1 Å². The summed E-state index contributed by atoms with van der Waals surface area (Å²) in [7, 11) is 1.15. The lowest BCUT2D eigenvalue weighted by molar-refractivity contribution is -0.870. The van der Waals surface area contributed by atoms with Crippen molar-refractivity contribution in [1.82, 2.24) is 0 Å². The molecule has 10 heteroatoms. The highest BCUT2D eigenvalue weighted by Crippen LogP contribution is 2.38. The van der Waals surface area contributed by atoms with Crippen molar-refractivity contribution in [3.05, 3.63) is 24.3 Å². The van der Waals surface area contributed by atoms with Crippen molar-refractivity contribution in [2.75, 3.05) is 47.5 Å². The number of unbranched alkanes of at least 4 members (excludes halogenated alkanes) is 23. The Hall–Kier alpha value is -1.51. The van der Waals surface area contributed by atoms with Gasteiger partial charge in [-0.25, -0.2) is 0 Å². The van der Waals surface area contributed by atoms with Crippen LogP contribution in [0.1, 0.15) is 200 Å². The molecule has 0 aliphatic carbocycles. The Bertz CT molecular complexity index is 996. The first-order chi connectivity index (χ1) is 26.5. The maximum Gasteiger partial charge on any atom is 0.306 e. The van der Waals surface area contributed by atoms with Crippen LogP contribution in [0.5, 0.6) is 0 Å². The van der Waals surface area contributed by atoms with Crippen molar-refractivity contribution in [2.45, 2.75) is 206 Å². The van der Waals surface area contributed by atoms with Gasteiger partial charge in [-0.05, 0) is 44.9 Å². The van der Waals surface area contributed by atoms with Gasteiger partial charge in [-0.2, -0.15) is 0 Å². The molecule has 0 aromatic carbocycles. The molecule has 0 heterocycles. The number of phosphoric ester groups is 1. The molecule has 0 radical (unpaired) electrons. The van der Waals surface area contributed by atoms with E-state index in [0.717, 1.165) is 44.9 Å². The standard InChI is InChI=1S/C45H86NO8P/c1-6-8-10-12-14-16-18-20-22-24-25-27-29-31-33-35-37-44(47)51-41-43(42-53-55(49,50)52-40-39-46(3,4)5)54-45(48)38-36-34-32-30-28-26-23-21-19-17-15-13-11-9-7-2/h21,23,28,30,43H,6-20,22,24-27,29,31-42H2,1-5H3/b23-21+,30-28+/t43-/m1/s1. The summed E-state index contributed by atoms with van der Waals surface area (Å²) in [6.45, 7) is 4.20. The summed E-state index contributed by atoms with van der Waals surface area (Å²) in [6, 6.07) is 0. The first kappa shape index (κ1) is 53.5. The molecule has 0 aliphatic heterocycles. The highest BCUT2D eigenvalue weighted by Gasteiger charge is 2.21. The number of hydrogen-bond donors (Lipinski definition) is 0. The second-order valence-electron chi connectivity index (χ2n) is 16.4. The molecule has 0 aliphatic rings. The van der Waals surface area contributed by atoms with Crippen LogP contribution >= 0.6 is 7.82 Å². The largest absolute Gasteiger partial charge is 0.756 e. The SMILES string of the molecule is CCCCCCCC/C=C/C/C=C/CCCCC(=O)O[C@H](COC(=O)CCCCCCCCCCCCCCCCCC)COP(=O)([O-])OCC[N+](C)(C)C. The van der Waals surface area contributed by atoms with Crippen LogP contribution in [0, 0.1) is 0 Å². The van der Waals surface area contributed by atoms with E-state index in [9.17, 15) is 19.0 Å². The molecule has 9 nitrogen and oxygen atoms in total. The van der Waals surface area contributed by atoms with Crippen molar-refractivity contribution in [1.29, 1.82) is 0 Å². The van der Waals surface area contributed by atoms with Crippen LogP contribution in [-0.4, -0.2) is 70.0 Å². The molecule has 0 N–H and O–H groups in total. The second kappa shape index (κ2) is 38.0. The van der Waals surface area contributed by atoms with Gasteiger partial charge < -0.3 is 27.9 Å². The van der Waals surface area contributed by atoms with Crippen LogP contribution in [0.4, 0.5) is 0 Å². The molecule has 0 saturated carbocycles. The minimum Gasteiger partial charge on any atom is -0.756 e. The Balaban J connectivity index is 4.37. The van der Waals surface area contributed by atoms with E-state index in [1.165, 1.54) is 122 Å². The monoisotopic (exact) mass is 800 g/mol. The Morgan fingerprint density at radius 2 is 0.982 bits per heavy atom. The topological polar surface area (TPSA) is 111 Å². The number of hydrogen-bond acceptors (Lipinski definition) is 8. The van der Waals surface area contributed by atoms with E-state index < -0.39 is 26.5 Å². The zero-order valence-electron chi connectivity index (χ0n) is 36.4. The molecule has 0 aromatic heterocycles. The van der Waals surface area contributed by atoms with Crippen LogP contribution in [-0.2, 0) is 32.7 Å². The predicted octanol–water partition coefficient (Wildman–Crippen LogP) is 12.1. The number of phosphoric acid groups is 1. The maximum absolute atomic E-state index is 12.7. The van der Waals surface area contributed by atoms with Gasteiger partial charge in [-0.1, -0.05) is 167 Å². The molecule has 0 aromatic rings. The van der Waals surface area contributed by atoms with Gasteiger partial charge in [0, 0.05) is 12.8 Å². The first-order valence-electron chi connectivity index (χ1n) is 22.5. The molecule has 0 rings (SSSR count). The smallest absolute Gasteiger partial charge is 0.306 e. The van der Waals surface area contributed by atoms with Crippen LogP contribution < -0.4 is 4.89 Å². The van der Waals surface area contributed by atoms with E-state index in [1.54, 1.807) is 0 Å². The average molecular weight is 800 g/mol. The number of allylic oxidation sites excluding steroid dienone is 4. The Morgan fingerprint density at radius 3 is 1.47 bits per heavy atom. The lowest BCUT2D eigenvalue weighted by atomic mass is 10.0. The third-order valence-electron chi connectivity index (χ3n) is 9.72. The van der Waals surface area contributed by atoms with E-state index in [-0.39, 0.29) is 32.0 Å². The van der Waals surface area contributed by atoms with E-state index in [2.05, 4.69) is 38.2 Å². The summed E-state index contributed by atoms with van der Waals surface area (Å²) in [5.41, 5.74) is 0. The van der Waals surface area contributed by atoms with Gasteiger partial charge in [-0.15, -0.1) is 0 Å². The van der Waals surface area contributed by atoms with Gasteiger partial charge in [0.25, 0.3) is 7.82 Å². The Labute approximate surface area is 339 Å². The van der Waals surface area contributed by atoms with Crippen LogP contribution in [0.2, 0.25) is 0 Å². The number of nitrogens with zero attached hydrogens (tertiary/aromatic N) is 1. The van der Waals surface area contributed by atoms with Crippen molar-refractivity contribution in [2.24, 2.45) is 0 Å². The van der Waals surface area contributed by atoms with Gasteiger partial charge in [0.05, 0.1) is 27.7 Å². The van der Waals surface area contributed by atoms with Gasteiger partial charge in [0.1, 0.15) is 19.8 Å². The third-order valence-corrected chi connectivity index (χ3v) is 10.7. The highest BCUT2D eigenvalue weighted by atomic mass is 31.2. The lowest BCUT2D eigenvalue weighted by Gasteiger charge is -2.28. The Kier molecular flexibility index (Phi) is 37.0. The maximum atomic E-state index is 12.7. The molecular weight excluding hydrogens is 713 g/mol. The minimum atomic E-state index is -4.63. The van der Waals surface area contributed by atoms with Crippen molar-refractivity contribution in [3.63, 3.8) is 0 Å². The van der Waals surface area contributed by atoms with E-state index in [1.807, 2.05) is 21.1 Å². The number of quaternary nitrogens is 1. The van der Waals surface area contributed by atoms with Crippen LogP contribution in [0.15, 0.2) is 24.3 Å². The molecule has 0 fully saturated rings. The van der Waals surface area contributed by atoms with Crippen LogP contribution in [0.25, 0.3) is 0 Å². The summed E-state index contributed by atoms with van der Waals surface area (Å²) in [4.78, 5) is 37.5. The van der Waals surface area contributed by atoms with Gasteiger partial charge in [0.2, 0.25) is 0 Å².